The molecule has 1 aliphatic rings. The van der Waals surface area contributed by atoms with E-state index in [-0.39, 0.29) is 0 Å². The van der Waals surface area contributed by atoms with E-state index in [0.29, 0.717) is 42.2 Å². The first kappa shape index (κ1) is 28.5. The van der Waals surface area contributed by atoms with Crippen molar-refractivity contribution in [3.05, 3.63) is 94.4 Å². The van der Waals surface area contributed by atoms with E-state index in [9.17, 15) is 8.78 Å². The van der Waals surface area contributed by atoms with Crippen molar-refractivity contribution in [1.82, 2.24) is 24.6 Å². The number of hydrogen-bond acceptors (Lipinski definition) is 7. The number of rotatable bonds is 10. The van der Waals surface area contributed by atoms with Gasteiger partial charge in [0, 0.05) is 62.7 Å². The Morgan fingerprint density at radius 2 is 1.73 bits per heavy atom. The van der Waals surface area contributed by atoms with Crippen LogP contribution < -0.4 is 15.0 Å². The standard InChI is InChI=1S/C30H32ClF2N7O/c1-3-27-22(5-4-10-38-11-13-39(14-12-38)25-16-23(32)15-24(33)17-25)20-35-40(27)30-36-28(31)18-29(37-30)34-19-21-6-8-26(41-2)9-7-21/h4-9,15-18,20H,3,10-14,19H2,1-2H3,(H,34,36,37)/b5-4+. The highest BCUT2D eigenvalue weighted by Crippen LogP contribution is 2.21. The van der Waals surface area contributed by atoms with E-state index < -0.39 is 11.6 Å². The van der Waals surface area contributed by atoms with Crippen LogP contribution in [0.4, 0.5) is 20.3 Å². The molecule has 0 radical (unpaired) electrons. The van der Waals surface area contributed by atoms with Gasteiger partial charge in [-0.15, -0.1) is 0 Å². The quantitative estimate of drug-likeness (QED) is 0.245. The number of nitrogens with one attached hydrogen (secondary N) is 1. The third-order valence-corrected chi connectivity index (χ3v) is 7.18. The summed E-state index contributed by atoms with van der Waals surface area (Å²) in [4.78, 5) is 13.4. The Morgan fingerprint density at radius 3 is 2.41 bits per heavy atom. The second-order valence-corrected chi connectivity index (χ2v) is 10.1. The molecule has 214 valence electrons. The Kier molecular flexibility index (Phi) is 9.11. The summed E-state index contributed by atoms with van der Waals surface area (Å²) in [5.41, 5.74) is 3.62. The third-order valence-electron chi connectivity index (χ3n) is 6.99. The van der Waals surface area contributed by atoms with Crippen LogP contribution in [0.25, 0.3) is 12.0 Å². The Morgan fingerprint density at radius 1 is 1.00 bits per heavy atom. The predicted molar refractivity (Wildman–Crippen MR) is 158 cm³/mol. The van der Waals surface area contributed by atoms with E-state index in [4.69, 9.17) is 16.3 Å². The molecule has 0 unspecified atom stereocenters. The van der Waals surface area contributed by atoms with Crippen LogP contribution >= 0.6 is 11.6 Å². The number of methoxy groups -OCH3 is 1. The van der Waals surface area contributed by atoms with Gasteiger partial charge in [-0.05, 0) is 36.2 Å². The fourth-order valence-electron chi connectivity index (χ4n) is 4.82. The molecule has 0 aliphatic carbocycles. The van der Waals surface area contributed by atoms with Crippen molar-refractivity contribution < 1.29 is 13.5 Å². The van der Waals surface area contributed by atoms with Crippen molar-refractivity contribution >= 4 is 29.2 Å². The zero-order chi connectivity index (χ0) is 28.8. The molecule has 4 aromatic rings. The van der Waals surface area contributed by atoms with Crippen LogP contribution in [0.15, 0.2) is 60.8 Å². The average Bonchev–Trinajstić information content (AvgIpc) is 3.39. The van der Waals surface area contributed by atoms with Gasteiger partial charge in [0.2, 0.25) is 0 Å². The molecule has 0 atom stereocenters. The van der Waals surface area contributed by atoms with Crippen molar-refractivity contribution in [1.29, 1.82) is 0 Å². The summed E-state index contributed by atoms with van der Waals surface area (Å²) >= 11 is 6.35. The Bertz CT molecular complexity index is 1480. The van der Waals surface area contributed by atoms with E-state index in [1.807, 2.05) is 29.2 Å². The van der Waals surface area contributed by atoms with E-state index in [1.165, 1.54) is 12.1 Å². The van der Waals surface area contributed by atoms with Gasteiger partial charge in [-0.3, -0.25) is 4.90 Å². The third kappa shape index (κ3) is 7.20. The lowest BCUT2D eigenvalue weighted by molar-refractivity contribution is 0.284. The molecule has 5 rings (SSSR count). The Balaban J connectivity index is 1.21. The van der Waals surface area contributed by atoms with Crippen molar-refractivity contribution in [3.63, 3.8) is 0 Å². The summed E-state index contributed by atoms with van der Waals surface area (Å²) in [5.74, 6) is 0.698. The fraction of sp³-hybridized carbons (Fsp3) is 0.300. The molecule has 0 amide bonds. The molecule has 0 saturated carbocycles. The number of hydrogen-bond donors (Lipinski definition) is 1. The molecule has 0 bridgehead atoms. The lowest BCUT2D eigenvalue weighted by Gasteiger charge is -2.35. The van der Waals surface area contributed by atoms with Gasteiger partial charge in [-0.2, -0.15) is 15.1 Å². The molecule has 1 N–H and O–H groups in total. The number of nitrogens with zero attached hydrogens (tertiary/aromatic N) is 6. The largest absolute Gasteiger partial charge is 0.497 e. The minimum absolute atomic E-state index is 0.321. The summed E-state index contributed by atoms with van der Waals surface area (Å²) in [6, 6.07) is 13.2. The maximum absolute atomic E-state index is 13.6. The number of anilines is 2. The second kappa shape index (κ2) is 13.1. The molecule has 1 saturated heterocycles. The predicted octanol–water partition coefficient (Wildman–Crippen LogP) is 5.61. The molecule has 11 heteroatoms. The van der Waals surface area contributed by atoms with E-state index in [0.717, 1.165) is 54.7 Å². The smallest absolute Gasteiger partial charge is 0.254 e. The van der Waals surface area contributed by atoms with Gasteiger partial charge in [-0.25, -0.2) is 13.5 Å². The Hall–Kier alpha value is -4.02. The van der Waals surface area contributed by atoms with Crippen LogP contribution in [0.1, 0.15) is 23.7 Å². The lowest BCUT2D eigenvalue weighted by atomic mass is 10.2. The molecule has 1 fully saturated rings. The van der Waals surface area contributed by atoms with Gasteiger partial charge < -0.3 is 15.0 Å². The van der Waals surface area contributed by atoms with Gasteiger partial charge in [0.25, 0.3) is 5.95 Å². The molecule has 2 aromatic carbocycles. The van der Waals surface area contributed by atoms with Crippen molar-refractivity contribution in [2.45, 2.75) is 19.9 Å². The molecule has 0 spiro atoms. The maximum atomic E-state index is 13.6. The highest BCUT2D eigenvalue weighted by atomic mass is 35.5. The molecule has 41 heavy (non-hydrogen) atoms. The average molecular weight is 580 g/mol. The van der Waals surface area contributed by atoms with Gasteiger partial charge in [0.15, 0.2) is 0 Å². The molecule has 1 aliphatic heterocycles. The van der Waals surface area contributed by atoms with Crippen molar-refractivity contribution in [3.8, 4) is 11.7 Å². The first-order valence-electron chi connectivity index (χ1n) is 13.5. The van der Waals surface area contributed by atoms with Gasteiger partial charge in [-0.1, -0.05) is 42.8 Å². The zero-order valence-corrected chi connectivity index (χ0v) is 23.8. The Labute approximate surface area is 243 Å². The number of benzene rings is 2. The topological polar surface area (TPSA) is 71.3 Å². The van der Waals surface area contributed by atoms with E-state index >= 15 is 0 Å². The van der Waals surface area contributed by atoms with Crippen LogP contribution in [0.2, 0.25) is 5.15 Å². The highest BCUT2D eigenvalue weighted by Gasteiger charge is 2.18. The minimum atomic E-state index is -0.554. The van der Waals surface area contributed by atoms with Gasteiger partial charge in [0.05, 0.1) is 19.0 Å². The summed E-state index contributed by atoms with van der Waals surface area (Å²) in [6.45, 7) is 6.39. The highest BCUT2D eigenvalue weighted by molar-refractivity contribution is 6.29. The van der Waals surface area contributed by atoms with Crippen molar-refractivity contribution in [2.75, 3.05) is 50.1 Å². The summed E-state index contributed by atoms with van der Waals surface area (Å²) in [6.07, 6.45) is 6.70. The molecule has 8 nitrogen and oxygen atoms in total. The normalized spacial score (nSPS) is 14.1. The second-order valence-electron chi connectivity index (χ2n) is 9.71. The van der Waals surface area contributed by atoms with Crippen LogP contribution in [0, 0.1) is 11.6 Å². The first-order chi connectivity index (χ1) is 19.9. The summed E-state index contributed by atoms with van der Waals surface area (Å²) in [5, 5.41) is 8.19. The lowest BCUT2D eigenvalue weighted by Crippen LogP contribution is -2.46. The number of aromatic nitrogens is 4. The van der Waals surface area contributed by atoms with E-state index in [1.54, 1.807) is 24.1 Å². The number of ether oxygens (including phenoxy) is 1. The molecular formula is C30H32ClF2N7O. The SMILES string of the molecule is CCc1c(/C=C/CN2CCN(c3cc(F)cc(F)c3)CC2)cnn1-c1nc(Cl)cc(NCc2ccc(OC)cc2)n1. The monoisotopic (exact) mass is 579 g/mol. The zero-order valence-electron chi connectivity index (χ0n) is 23.0. The summed E-state index contributed by atoms with van der Waals surface area (Å²) in [7, 11) is 1.64. The first-order valence-corrected chi connectivity index (χ1v) is 13.9. The molecule has 3 heterocycles. The van der Waals surface area contributed by atoms with Gasteiger partial charge in [0.1, 0.15) is 28.4 Å². The van der Waals surface area contributed by atoms with Crippen LogP contribution in [-0.2, 0) is 13.0 Å². The molecular weight excluding hydrogens is 548 g/mol. The number of halogens is 3. The van der Waals surface area contributed by atoms with Crippen LogP contribution in [0.3, 0.4) is 0 Å². The molecule has 2 aromatic heterocycles. The maximum Gasteiger partial charge on any atom is 0.254 e. The van der Waals surface area contributed by atoms with Crippen LogP contribution in [0.5, 0.6) is 5.75 Å². The van der Waals surface area contributed by atoms with Crippen molar-refractivity contribution in [2.24, 2.45) is 0 Å². The number of piperazine rings is 1. The summed E-state index contributed by atoms with van der Waals surface area (Å²) < 4.78 is 34.2. The fourth-order valence-corrected chi connectivity index (χ4v) is 5.00. The van der Waals surface area contributed by atoms with Crippen LogP contribution in [-0.4, -0.2) is 64.5 Å². The van der Waals surface area contributed by atoms with Gasteiger partial charge >= 0.3 is 0 Å². The minimum Gasteiger partial charge on any atom is -0.497 e. The van der Waals surface area contributed by atoms with E-state index in [2.05, 4.69) is 44.4 Å².